The zero-order valence-corrected chi connectivity index (χ0v) is 12.8. The molecule has 0 unspecified atom stereocenters. The summed E-state index contributed by atoms with van der Waals surface area (Å²) in [5, 5.41) is 0. The Morgan fingerprint density at radius 2 is 1.75 bits per heavy atom. The first-order chi connectivity index (χ1) is 11.8. The Morgan fingerprint density at radius 3 is 2.62 bits per heavy atom. The van der Waals surface area contributed by atoms with Gasteiger partial charge in [-0.15, -0.1) is 0 Å². The number of hydrogen-bond acceptors (Lipinski definition) is 4. The first-order valence-corrected chi connectivity index (χ1v) is 7.60. The summed E-state index contributed by atoms with van der Waals surface area (Å²) >= 11 is 0. The van der Waals surface area contributed by atoms with Crippen LogP contribution in [0.4, 0.5) is 0 Å². The minimum Gasteiger partial charge on any atom is -0.300 e. The molecule has 5 heteroatoms. The highest BCUT2D eigenvalue weighted by Crippen LogP contribution is 2.20. The summed E-state index contributed by atoms with van der Waals surface area (Å²) in [6.07, 6.45) is 8.29. The van der Waals surface area contributed by atoms with Crippen molar-refractivity contribution in [3.05, 3.63) is 89.4 Å². The molecule has 3 aromatic heterocycles. The van der Waals surface area contributed by atoms with Crippen LogP contribution >= 0.6 is 0 Å². The fourth-order valence-corrected chi connectivity index (χ4v) is 2.74. The van der Waals surface area contributed by atoms with E-state index in [1.807, 2.05) is 36.5 Å². The van der Waals surface area contributed by atoms with E-state index in [2.05, 4.69) is 21.0 Å². The molecular formula is C19H14N4O. The molecule has 3 heterocycles. The van der Waals surface area contributed by atoms with Crippen LogP contribution in [0.2, 0.25) is 0 Å². The van der Waals surface area contributed by atoms with Gasteiger partial charge in [-0.25, -0.2) is 4.98 Å². The third-order valence-corrected chi connectivity index (χ3v) is 3.91. The molecule has 0 saturated carbocycles. The third-order valence-electron chi connectivity index (χ3n) is 3.91. The lowest BCUT2D eigenvalue weighted by Crippen LogP contribution is -2.21. The summed E-state index contributed by atoms with van der Waals surface area (Å²) in [5.74, 6) is 0. The van der Waals surface area contributed by atoms with Gasteiger partial charge >= 0.3 is 0 Å². The van der Waals surface area contributed by atoms with Gasteiger partial charge in [0.1, 0.15) is 0 Å². The Hall–Kier alpha value is -3.34. The lowest BCUT2D eigenvalue weighted by Gasteiger charge is -2.10. The molecule has 24 heavy (non-hydrogen) atoms. The van der Waals surface area contributed by atoms with Gasteiger partial charge in [-0.2, -0.15) is 0 Å². The number of rotatable bonds is 3. The number of fused-ring (bicyclic) bond motifs is 1. The molecule has 4 aromatic rings. The maximum absolute atomic E-state index is 12.3. The number of hydrogen-bond donors (Lipinski definition) is 0. The monoisotopic (exact) mass is 314 g/mol. The van der Waals surface area contributed by atoms with Crippen LogP contribution in [-0.4, -0.2) is 19.5 Å². The highest BCUT2D eigenvalue weighted by molar-refractivity contribution is 5.73. The molecule has 0 aliphatic carbocycles. The van der Waals surface area contributed by atoms with E-state index in [0.29, 0.717) is 6.54 Å². The maximum atomic E-state index is 12.3. The van der Waals surface area contributed by atoms with E-state index in [1.54, 1.807) is 29.2 Å². The van der Waals surface area contributed by atoms with Crippen LogP contribution in [0.3, 0.4) is 0 Å². The molecule has 0 saturated heterocycles. The second kappa shape index (κ2) is 6.04. The molecule has 0 radical (unpaired) electrons. The van der Waals surface area contributed by atoms with Gasteiger partial charge in [0.25, 0.3) is 5.56 Å². The van der Waals surface area contributed by atoms with Crippen molar-refractivity contribution in [2.24, 2.45) is 0 Å². The van der Waals surface area contributed by atoms with Crippen molar-refractivity contribution in [1.29, 1.82) is 0 Å². The maximum Gasteiger partial charge on any atom is 0.269 e. The second-order valence-corrected chi connectivity index (χ2v) is 5.49. The Labute approximate surface area is 138 Å². The zero-order valence-electron chi connectivity index (χ0n) is 12.8. The molecule has 0 amide bonds. The third kappa shape index (κ3) is 2.67. The van der Waals surface area contributed by atoms with Crippen LogP contribution < -0.4 is 5.56 Å². The van der Waals surface area contributed by atoms with Crippen LogP contribution in [-0.2, 0) is 6.54 Å². The van der Waals surface area contributed by atoms with Gasteiger partial charge in [0.15, 0.2) is 0 Å². The average molecular weight is 314 g/mol. The minimum absolute atomic E-state index is 0.137. The smallest absolute Gasteiger partial charge is 0.269 e. The molecule has 4 rings (SSSR count). The van der Waals surface area contributed by atoms with Gasteiger partial charge in [0, 0.05) is 18.6 Å². The number of pyridine rings is 2. The van der Waals surface area contributed by atoms with E-state index in [9.17, 15) is 4.79 Å². The van der Waals surface area contributed by atoms with Crippen molar-refractivity contribution in [3.63, 3.8) is 0 Å². The normalized spacial score (nSPS) is 10.8. The van der Waals surface area contributed by atoms with Crippen molar-refractivity contribution >= 4 is 11.0 Å². The zero-order chi connectivity index (χ0) is 16.4. The van der Waals surface area contributed by atoms with Crippen LogP contribution in [0.5, 0.6) is 0 Å². The molecule has 1 aromatic carbocycles. The predicted octanol–water partition coefficient (Wildman–Crippen LogP) is 2.90. The highest BCUT2D eigenvalue weighted by Gasteiger charge is 2.06. The SMILES string of the molecule is O=c1cnc2ccncc2n1Cc1cccc(-c2cccnc2)c1. The van der Waals surface area contributed by atoms with Gasteiger partial charge < -0.3 is 0 Å². The first kappa shape index (κ1) is 14.3. The molecule has 0 aliphatic rings. The first-order valence-electron chi connectivity index (χ1n) is 7.60. The fourth-order valence-electron chi connectivity index (χ4n) is 2.74. The van der Waals surface area contributed by atoms with E-state index < -0.39 is 0 Å². The molecule has 0 aliphatic heterocycles. The summed E-state index contributed by atoms with van der Waals surface area (Å²) < 4.78 is 1.69. The van der Waals surface area contributed by atoms with Gasteiger partial charge in [-0.1, -0.05) is 24.3 Å². The Kier molecular flexibility index (Phi) is 3.59. The number of benzene rings is 1. The summed E-state index contributed by atoms with van der Waals surface area (Å²) in [7, 11) is 0. The van der Waals surface area contributed by atoms with Crippen LogP contribution in [0, 0.1) is 0 Å². The summed E-state index contributed by atoms with van der Waals surface area (Å²) in [5.41, 5.74) is 4.51. The predicted molar refractivity (Wildman–Crippen MR) is 92.6 cm³/mol. The number of aromatic nitrogens is 4. The summed E-state index contributed by atoms with van der Waals surface area (Å²) in [4.78, 5) is 24.7. The highest BCUT2D eigenvalue weighted by atomic mass is 16.1. The average Bonchev–Trinajstić information content (AvgIpc) is 2.65. The van der Waals surface area contributed by atoms with Gasteiger partial charge in [0.2, 0.25) is 0 Å². The molecule has 5 nitrogen and oxygen atoms in total. The topological polar surface area (TPSA) is 60.7 Å². The molecule has 116 valence electrons. The van der Waals surface area contributed by atoms with Crippen molar-refractivity contribution in [2.75, 3.05) is 0 Å². The molecule has 0 fully saturated rings. The van der Waals surface area contributed by atoms with Crippen molar-refractivity contribution in [1.82, 2.24) is 19.5 Å². The van der Waals surface area contributed by atoms with E-state index in [0.717, 1.165) is 27.7 Å². The number of nitrogens with zero attached hydrogens (tertiary/aromatic N) is 4. The van der Waals surface area contributed by atoms with E-state index in [1.165, 1.54) is 6.20 Å². The largest absolute Gasteiger partial charge is 0.300 e. The Morgan fingerprint density at radius 1 is 0.875 bits per heavy atom. The molecule has 0 bridgehead atoms. The van der Waals surface area contributed by atoms with Crippen molar-refractivity contribution in [2.45, 2.75) is 6.54 Å². The summed E-state index contributed by atoms with van der Waals surface area (Å²) in [6.45, 7) is 0.470. The van der Waals surface area contributed by atoms with Crippen molar-refractivity contribution in [3.8, 4) is 11.1 Å². The lowest BCUT2D eigenvalue weighted by atomic mass is 10.0. The van der Waals surface area contributed by atoms with E-state index >= 15 is 0 Å². The second-order valence-electron chi connectivity index (χ2n) is 5.49. The van der Waals surface area contributed by atoms with Crippen molar-refractivity contribution < 1.29 is 0 Å². The summed E-state index contributed by atoms with van der Waals surface area (Å²) in [6, 6.07) is 13.8. The van der Waals surface area contributed by atoms with E-state index in [-0.39, 0.29) is 5.56 Å². The van der Waals surface area contributed by atoms with Crippen LogP contribution in [0.1, 0.15) is 5.56 Å². The minimum atomic E-state index is -0.137. The van der Waals surface area contributed by atoms with Gasteiger partial charge in [-0.3, -0.25) is 19.3 Å². The van der Waals surface area contributed by atoms with Gasteiger partial charge in [0.05, 0.1) is 30.0 Å². The quantitative estimate of drug-likeness (QED) is 0.583. The fraction of sp³-hybridized carbons (Fsp3) is 0.0526. The van der Waals surface area contributed by atoms with Crippen LogP contribution in [0.15, 0.2) is 78.2 Å². The Bertz CT molecular complexity index is 1060. The lowest BCUT2D eigenvalue weighted by molar-refractivity contribution is 0.785. The Balaban J connectivity index is 1.77. The molecule has 0 N–H and O–H groups in total. The van der Waals surface area contributed by atoms with Crippen LogP contribution in [0.25, 0.3) is 22.2 Å². The molecular weight excluding hydrogens is 300 g/mol. The van der Waals surface area contributed by atoms with E-state index in [4.69, 9.17) is 0 Å². The molecule has 0 atom stereocenters. The molecule has 0 spiro atoms. The van der Waals surface area contributed by atoms with Gasteiger partial charge in [-0.05, 0) is 34.9 Å². The standard InChI is InChI=1S/C19H14N4O/c24-19-12-22-17-6-8-21-11-18(17)23(19)13-14-3-1-4-15(9-14)16-5-2-7-20-10-16/h1-12H,13H2.